The highest BCUT2D eigenvalue weighted by molar-refractivity contribution is 5.94. The largest absolute Gasteiger partial charge is 0.348 e. The maximum atomic E-state index is 12.8. The zero-order valence-electron chi connectivity index (χ0n) is 15.1. The quantitative estimate of drug-likeness (QED) is 0.825. The van der Waals surface area contributed by atoms with Crippen molar-refractivity contribution in [1.29, 1.82) is 0 Å². The average Bonchev–Trinajstić information content (AvgIpc) is 3.10. The lowest BCUT2D eigenvalue weighted by Gasteiger charge is -2.16. The molecule has 2 aromatic heterocycles. The van der Waals surface area contributed by atoms with Crippen LogP contribution in [0.2, 0.25) is 0 Å². The van der Waals surface area contributed by atoms with Crippen LogP contribution < -0.4 is 14.9 Å². The number of fused-ring (bicyclic) bond motifs is 3. The SMILES string of the molecule is CO[n+]1ccnc(-n2nc(C(=O)N[C@H](C)C(C)C)c3c2C2CC2C3)c1. The number of nitrogens with zero attached hydrogens (tertiary/aromatic N) is 4. The molecular weight excluding hydrogens is 318 g/mol. The van der Waals surface area contributed by atoms with Crippen molar-refractivity contribution >= 4 is 5.91 Å². The number of aromatic nitrogens is 4. The van der Waals surface area contributed by atoms with Crippen LogP contribution in [0, 0.1) is 11.8 Å². The molecule has 0 aromatic carbocycles. The monoisotopic (exact) mass is 342 g/mol. The highest BCUT2D eigenvalue weighted by Crippen LogP contribution is 2.57. The van der Waals surface area contributed by atoms with Gasteiger partial charge in [0.05, 0.1) is 11.9 Å². The van der Waals surface area contributed by atoms with Crippen LogP contribution in [0.5, 0.6) is 0 Å². The van der Waals surface area contributed by atoms with Crippen LogP contribution in [0.25, 0.3) is 5.82 Å². The van der Waals surface area contributed by atoms with Crippen molar-refractivity contribution < 1.29 is 14.4 Å². The van der Waals surface area contributed by atoms with Gasteiger partial charge in [0.2, 0.25) is 12.0 Å². The molecule has 0 radical (unpaired) electrons. The third kappa shape index (κ3) is 2.67. The van der Waals surface area contributed by atoms with E-state index >= 15 is 0 Å². The number of carbonyl (C=O) groups is 1. The molecule has 7 nitrogen and oxygen atoms in total. The smallest absolute Gasteiger partial charge is 0.272 e. The topological polar surface area (TPSA) is 72.9 Å². The maximum Gasteiger partial charge on any atom is 0.272 e. The lowest BCUT2D eigenvalue weighted by Crippen LogP contribution is -2.40. The molecule has 0 spiro atoms. The molecule has 2 aliphatic carbocycles. The number of carbonyl (C=O) groups excluding carboxylic acids is 1. The van der Waals surface area contributed by atoms with Crippen LogP contribution in [0.3, 0.4) is 0 Å². The first kappa shape index (κ1) is 16.1. The summed E-state index contributed by atoms with van der Waals surface area (Å²) in [4.78, 5) is 22.4. The van der Waals surface area contributed by atoms with Gasteiger partial charge in [0.25, 0.3) is 12.1 Å². The van der Waals surface area contributed by atoms with Gasteiger partial charge in [0.1, 0.15) is 7.11 Å². The first-order valence-electron chi connectivity index (χ1n) is 8.84. The van der Waals surface area contributed by atoms with Crippen LogP contribution in [-0.4, -0.2) is 33.8 Å². The van der Waals surface area contributed by atoms with E-state index in [1.54, 1.807) is 30.4 Å². The minimum Gasteiger partial charge on any atom is -0.348 e. The molecule has 0 saturated heterocycles. The summed E-state index contributed by atoms with van der Waals surface area (Å²) in [6.07, 6.45) is 7.30. The Bertz CT molecular complexity index is 829. The summed E-state index contributed by atoms with van der Waals surface area (Å²) in [5, 5.41) is 7.72. The Hall–Kier alpha value is -2.44. The van der Waals surface area contributed by atoms with Gasteiger partial charge in [-0.15, -0.1) is 0 Å². The molecule has 2 heterocycles. The van der Waals surface area contributed by atoms with Crippen LogP contribution in [0.15, 0.2) is 18.6 Å². The van der Waals surface area contributed by atoms with Crippen LogP contribution in [0.1, 0.15) is 54.9 Å². The highest BCUT2D eigenvalue weighted by atomic mass is 16.6. The Kier molecular flexibility index (Phi) is 3.74. The number of rotatable bonds is 5. The fourth-order valence-electron chi connectivity index (χ4n) is 3.50. The van der Waals surface area contributed by atoms with E-state index in [1.165, 1.54) is 6.42 Å². The van der Waals surface area contributed by atoms with Gasteiger partial charge in [-0.05, 0) is 31.6 Å². The first-order valence-corrected chi connectivity index (χ1v) is 8.84. The van der Waals surface area contributed by atoms with Gasteiger partial charge in [-0.25, -0.2) is 9.67 Å². The molecule has 7 heteroatoms. The molecule has 2 unspecified atom stereocenters. The highest BCUT2D eigenvalue weighted by Gasteiger charge is 2.50. The first-order chi connectivity index (χ1) is 12.0. The zero-order chi connectivity index (χ0) is 17.7. The van der Waals surface area contributed by atoms with Gasteiger partial charge in [-0.2, -0.15) is 5.10 Å². The molecule has 3 atom stereocenters. The Labute approximate surface area is 147 Å². The molecule has 1 amide bonds. The van der Waals surface area contributed by atoms with E-state index in [4.69, 9.17) is 4.84 Å². The lowest BCUT2D eigenvalue weighted by atomic mass is 10.1. The molecule has 0 aliphatic heterocycles. The second-order valence-electron chi connectivity index (χ2n) is 7.39. The fourth-order valence-corrected chi connectivity index (χ4v) is 3.50. The molecular formula is C18H24N5O2+. The van der Waals surface area contributed by atoms with Crippen molar-refractivity contribution in [2.45, 2.75) is 45.6 Å². The van der Waals surface area contributed by atoms with Gasteiger partial charge in [0.15, 0.2) is 5.69 Å². The summed E-state index contributed by atoms with van der Waals surface area (Å²) in [6, 6.07) is 0.106. The molecule has 1 N–H and O–H groups in total. The molecule has 1 saturated carbocycles. The van der Waals surface area contributed by atoms with Gasteiger partial charge in [-0.3, -0.25) is 9.63 Å². The number of amides is 1. The van der Waals surface area contributed by atoms with E-state index in [1.807, 2.05) is 11.6 Å². The Balaban J connectivity index is 1.73. The second kappa shape index (κ2) is 5.82. The van der Waals surface area contributed by atoms with Crippen molar-refractivity contribution in [3.8, 4) is 5.82 Å². The van der Waals surface area contributed by atoms with Gasteiger partial charge >= 0.3 is 0 Å². The normalized spacial score (nSPS) is 21.6. The minimum atomic E-state index is -0.0898. The van der Waals surface area contributed by atoms with E-state index in [-0.39, 0.29) is 11.9 Å². The van der Waals surface area contributed by atoms with E-state index in [2.05, 4.69) is 29.2 Å². The predicted octanol–water partition coefficient (Wildman–Crippen LogP) is 1.05. The molecule has 2 aliphatic rings. The van der Waals surface area contributed by atoms with Crippen molar-refractivity contribution in [2.75, 3.05) is 7.11 Å². The summed E-state index contributed by atoms with van der Waals surface area (Å²) in [5.74, 6) is 2.12. The standard InChI is InChI=1S/C18H23N5O2/c1-10(2)11(3)20-18(24)16-14-8-12-7-13(12)17(14)23(21-16)15-9-22(25-4)6-5-19-15/h5-6,9-13H,7-8H2,1-4H3/p+1/t11-,12?,13?/m1/s1. The molecule has 0 bridgehead atoms. The van der Waals surface area contributed by atoms with E-state index in [0.717, 1.165) is 17.7 Å². The van der Waals surface area contributed by atoms with Crippen LogP contribution >= 0.6 is 0 Å². The maximum absolute atomic E-state index is 12.8. The number of hydrogen-bond acceptors (Lipinski definition) is 4. The van der Waals surface area contributed by atoms with Crippen LogP contribution in [-0.2, 0) is 6.42 Å². The third-order valence-corrected chi connectivity index (χ3v) is 5.43. The van der Waals surface area contributed by atoms with Crippen molar-refractivity contribution in [1.82, 2.24) is 20.1 Å². The second-order valence-corrected chi connectivity index (χ2v) is 7.39. The average molecular weight is 342 g/mol. The Morgan fingerprint density at radius 3 is 2.96 bits per heavy atom. The predicted molar refractivity (Wildman–Crippen MR) is 90.4 cm³/mol. The van der Waals surface area contributed by atoms with Gasteiger partial charge in [-0.1, -0.05) is 13.8 Å². The molecule has 25 heavy (non-hydrogen) atoms. The number of hydrogen-bond donors (Lipinski definition) is 1. The van der Waals surface area contributed by atoms with Crippen molar-refractivity contribution in [2.24, 2.45) is 11.8 Å². The number of nitrogens with one attached hydrogen (secondary N) is 1. The molecule has 132 valence electrons. The van der Waals surface area contributed by atoms with Gasteiger partial charge in [0, 0.05) is 22.3 Å². The molecule has 2 aromatic rings. The molecule has 4 rings (SSSR count). The van der Waals surface area contributed by atoms with E-state index in [0.29, 0.717) is 29.3 Å². The Morgan fingerprint density at radius 1 is 1.44 bits per heavy atom. The fraction of sp³-hybridized carbons (Fsp3) is 0.556. The molecule has 1 fully saturated rings. The minimum absolute atomic E-state index is 0.0898. The lowest BCUT2D eigenvalue weighted by molar-refractivity contribution is -0.885. The third-order valence-electron chi connectivity index (χ3n) is 5.43. The summed E-state index contributed by atoms with van der Waals surface area (Å²) in [6.45, 7) is 6.22. The summed E-state index contributed by atoms with van der Waals surface area (Å²) < 4.78 is 3.41. The summed E-state index contributed by atoms with van der Waals surface area (Å²) in [7, 11) is 1.60. The van der Waals surface area contributed by atoms with E-state index in [9.17, 15) is 4.79 Å². The zero-order valence-corrected chi connectivity index (χ0v) is 15.1. The summed E-state index contributed by atoms with van der Waals surface area (Å²) >= 11 is 0. The van der Waals surface area contributed by atoms with Crippen molar-refractivity contribution in [3.63, 3.8) is 0 Å². The van der Waals surface area contributed by atoms with Gasteiger partial charge < -0.3 is 5.32 Å². The van der Waals surface area contributed by atoms with Crippen LogP contribution in [0.4, 0.5) is 0 Å². The Morgan fingerprint density at radius 2 is 2.24 bits per heavy atom. The summed E-state index contributed by atoms with van der Waals surface area (Å²) in [5.41, 5.74) is 2.78. The van der Waals surface area contributed by atoms with E-state index < -0.39 is 0 Å². The van der Waals surface area contributed by atoms with Crippen molar-refractivity contribution in [3.05, 3.63) is 35.5 Å².